The van der Waals surface area contributed by atoms with Gasteiger partial charge in [0.1, 0.15) is 5.01 Å². The fraction of sp³-hybridized carbons (Fsp3) is 0.100. The van der Waals surface area contributed by atoms with E-state index in [1.54, 1.807) is 0 Å². The van der Waals surface area contributed by atoms with Crippen LogP contribution < -0.4 is 0 Å². The van der Waals surface area contributed by atoms with Gasteiger partial charge in [0, 0.05) is 0 Å². The molecule has 0 saturated heterocycles. The van der Waals surface area contributed by atoms with Gasteiger partial charge in [-0.3, -0.25) is 4.79 Å². The van der Waals surface area contributed by atoms with E-state index in [0.717, 1.165) is 10.2 Å². The predicted octanol–water partition coefficient (Wildman–Crippen LogP) is 1.49. The summed E-state index contributed by atoms with van der Waals surface area (Å²) in [7, 11) is 0. The van der Waals surface area contributed by atoms with Crippen LogP contribution >= 0.6 is 11.3 Å². The van der Waals surface area contributed by atoms with Crippen LogP contribution in [0.25, 0.3) is 10.2 Å². The third-order valence-electron chi connectivity index (χ3n) is 1.89. The number of aromatic nitrogens is 1. The molecule has 0 aliphatic carbocycles. The monoisotopic (exact) mass is 221 g/mol. The van der Waals surface area contributed by atoms with Gasteiger partial charge in [-0.15, -0.1) is 11.3 Å². The van der Waals surface area contributed by atoms with Gasteiger partial charge in [-0.1, -0.05) is 12.1 Å². The number of aliphatic carboxylic acids is 1. The minimum atomic E-state index is -1.41. The van der Waals surface area contributed by atoms with Crippen LogP contribution in [-0.4, -0.2) is 21.8 Å². The van der Waals surface area contributed by atoms with Crippen molar-refractivity contribution in [2.24, 2.45) is 0 Å². The first kappa shape index (κ1) is 9.79. The lowest BCUT2D eigenvalue weighted by Crippen LogP contribution is -2.14. The molecule has 0 saturated carbocycles. The quantitative estimate of drug-likeness (QED) is 0.797. The van der Waals surface area contributed by atoms with Crippen molar-refractivity contribution in [3.05, 3.63) is 29.3 Å². The number of carboxylic acid groups (broad SMARTS) is 1. The predicted molar refractivity (Wildman–Crippen MR) is 56.0 cm³/mol. The minimum absolute atomic E-state index is 0.130. The first-order valence-corrected chi connectivity index (χ1v) is 5.09. The average Bonchev–Trinajstić information content (AvgIpc) is 2.59. The number of nitrogens with zero attached hydrogens (tertiary/aromatic N) is 1. The van der Waals surface area contributed by atoms with Crippen LogP contribution in [0.1, 0.15) is 5.01 Å². The van der Waals surface area contributed by atoms with Gasteiger partial charge < -0.3 is 5.11 Å². The first-order chi connectivity index (χ1) is 7.16. The third-order valence-corrected chi connectivity index (χ3v) is 2.92. The van der Waals surface area contributed by atoms with Crippen molar-refractivity contribution in [1.29, 1.82) is 0 Å². The van der Waals surface area contributed by atoms with Gasteiger partial charge in [-0.05, 0) is 12.1 Å². The number of para-hydroxylation sites is 1. The molecule has 1 aromatic carbocycles. The van der Waals surface area contributed by atoms with Gasteiger partial charge in [-0.25, -0.2) is 9.78 Å². The zero-order chi connectivity index (χ0) is 10.8. The van der Waals surface area contributed by atoms with Crippen LogP contribution in [0.4, 0.5) is 0 Å². The Balaban J connectivity index is 2.30. The number of carbonyl (C=O) groups excluding carboxylic acids is 1. The zero-order valence-electron chi connectivity index (χ0n) is 7.64. The van der Waals surface area contributed by atoms with Crippen LogP contribution in [0.15, 0.2) is 24.3 Å². The Kier molecular flexibility index (Phi) is 2.47. The molecule has 0 unspecified atom stereocenters. The molecule has 0 atom stereocenters. The molecule has 76 valence electrons. The largest absolute Gasteiger partial charge is 0.475 e. The van der Waals surface area contributed by atoms with E-state index in [9.17, 15) is 9.59 Å². The number of carbonyl (C=O) groups is 2. The molecule has 15 heavy (non-hydrogen) atoms. The van der Waals surface area contributed by atoms with Crippen molar-refractivity contribution in [3.63, 3.8) is 0 Å². The SMILES string of the molecule is O=C(O)C(=O)Cc1nc2ccccc2s1. The lowest BCUT2D eigenvalue weighted by atomic mass is 10.3. The Labute approximate surface area is 89.2 Å². The highest BCUT2D eigenvalue weighted by Gasteiger charge is 2.14. The van der Waals surface area contributed by atoms with E-state index in [1.165, 1.54) is 11.3 Å². The average molecular weight is 221 g/mol. The fourth-order valence-electron chi connectivity index (χ4n) is 1.21. The van der Waals surface area contributed by atoms with Gasteiger partial charge in [0.15, 0.2) is 0 Å². The summed E-state index contributed by atoms with van der Waals surface area (Å²) in [4.78, 5) is 25.5. The molecular weight excluding hydrogens is 214 g/mol. The lowest BCUT2D eigenvalue weighted by Gasteiger charge is -1.88. The molecule has 0 aliphatic heterocycles. The molecule has 1 heterocycles. The maximum absolute atomic E-state index is 11.0. The lowest BCUT2D eigenvalue weighted by molar-refractivity contribution is -0.148. The molecular formula is C10H7NO3S. The maximum Gasteiger partial charge on any atom is 0.372 e. The second-order valence-corrected chi connectivity index (χ2v) is 4.10. The highest BCUT2D eigenvalue weighted by molar-refractivity contribution is 7.18. The van der Waals surface area contributed by atoms with Crippen molar-refractivity contribution in [2.75, 3.05) is 0 Å². The van der Waals surface area contributed by atoms with E-state index in [4.69, 9.17) is 5.11 Å². The number of hydrogen-bond donors (Lipinski definition) is 1. The topological polar surface area (TPSA) is 67.3 Å². The molecule has 2 rings (SSSR count). The summed E-state index contributed by atoms with van der Waals surface area (Å²) in [6.07, 6.45) is -0.130. The van der Waals surface area contributed by atoms with E-state index in [0.29, 0.717) is 5.01 Å². The summed E-state index contributed by atoms with van der Waals surface area (Å²) in [6, 6.07) is 7.45. The van der Waals surface area contributed by atoms with Crippen molar-refractivity contribution in [2.45, 2.75) is 6.42 Å². The van der Waals surface area contributed by atoms with Gasteiger partial charge in [-0.2, -0.15) is 0 Å². The third kappa shape index (κ3) is 2.02. The van der Waals surface area contributed by atoms with Crippen LogP contribution in [0.3, 0.4) is 0 Å². The molecule has 0 radical (unpaired) electrons. The second kappa shape index (κ2) is 3.78. The first-order valence-electron chi connectivity index (χ1n) is 4.27. The van der Waals surface area contributed by atoms with Crippen LogP contribution in [0.2, 0.25) is 0 Å². The van der Waals surface area contributed by atoms with E-state index < -0.39 is 11.8 Å². The summed E-state index contributed by atoms with van der Waals surface area (Å²) in [6.45, 7) is 0. The second-order valence-electron chi connectivity index (χ2n) is 2.98. The number of carboxylic acids is 1. The van der Waals surface area contributed by atoms with Crippen molar-refractivity contribution < 1.29 is 14.7 Å². The smallest absolute Gasteiger partial charge is 0.372 e. The molecule has 0 amide bonds. The van der Waals surface area contributed by atoms with E-state index in [-0.39, 0.29) is 6.42 Å². The number of hydrogen-bond acceptors (Lipinski definition) is 4. The van der Waals surface area contributed by atoms with Gasteiger partial charge in [0.05, 0.1) is 16.6 Å². The molecule has 0 fully saturated rings. The number of Topliss-reactive ketones (excluding diaryl/α,β-unsaturated/α-hetero) is 1. The highest BCUT2D eigenvalue weighted by atomic mass is 32.1. The van der Waals surface area contributed by atoms with Crippen LogP contribution in [0, 0.1) is 0 Å². The van der Waals surface area contributed by atoms with Crippen molar-refractivity contribution >= 4 is 33.3 Å². The Bertz CT molecular complexity index is 499. The Morgan fingerprint density at radius 1 is 1.33 bits per heavy atom. The van der Waals surface area contributed by atoms with Gasteiger partial charge in [0.2, 0.25) is 5.78 Å². The van der Waals surface area contributed by atoms with E-state index >= 15 is 0 Å². The highest BCUT2D eigenvalue weighted by Crippen LogP contribution is 2.21. The number of rotatable bonds is 3. The minimum Gasteiger partial charge on any atom is -0.475 e. The van der Waals surface area contributed by atoms with Crippen molar-refractivity contribution in [3.8, 4) is 0 Å². The molecule has 4 nitrogen and oxygen atoms in total. The van der Waals surface area contributed by atoms with E-state index in [2.05, 4.69) is 4.98 Å². The summed E-state index contributed by atoms with van der Waals surface area (Å²) >= 11 is 1.35. The maximum atomic E-state index is 11.0. The molecule has 0 spiro atoms. The summed E-state index contributed by atoms with van der Waals surface area (Å²) in [5.74, 6) is -2.23. The molecule has 0 aliphatic rings. The van der Waals surface area contributed by atoms with Gasteiger partial charge >= 0.3 is 5.97 Å². The number of thiazole rings is 1. The normalized spacial score (nSPS) is 10.4. The van der Waals surface area contributed by atoms with Crippen LogP contribution in [0.5, 0.6) is 0 Å². The van der Waals surface area contributed by atoms with Crippen LogP contribution in [-0.2, 0) is 16.0 Å². The number of ketones is 1. The summed E-state index contributed by atoms with van der Waals surface area (Å²) in [5, 5.41) is 8.99. The Hall–Kier alpha value is -1.75. The van der Waals surface area contributed by atoms with Gasteiger partial charge in [0.25, 0.3) is 0 Å². The Morgan fingerprint density at radius 2 is 2.07 bits per heavy atom. The molecule has 1 aromatic heterocycles. The number of benzene rings is 1. The molecule has 0 bridgehead atoms. The summed E-state index contributed by atoms with van der Waals surface area (Å²) in [5.41, 5.74) is 0.802. The standard InChI is InChI=1S/C10H7NO3S/c12-7(10(13)14)5-9-11-6-3-1-2-4-8(6)15-9/h1-4H,5H2,(H,13,14). The fourth-order valence-corrected chi connectivity index (χ4v) is 2.17. The van der Waals surface area contributed by atoms with Crippen molar-refractivity contribution in [1.82, 2.24) is 4.98 Å². The zero-order valence-corrected chi connectivity index (χ0v) is 8.45. The Morgan fingerprint density at radius 3 is 2.73 bits per heavy atom. The summed E-state index contributed by atoms with van der Waals surface area (Å²) < 4.78 is 0.964. The molecule has 5 heteroatoms. The van der Waals surface area contributed by atoms with E-state index in [1.807, 2.05) is 24.3 Å². The molecule has 2 aromatic rings. The molecule has 1 N–H and O–H groups in total. The number of fused-ring (bicyclic) bond motifs is 1.